The van der Waals surface area contributed by atoms with Gasteiger partial charge in [-0.1, -0.05) is 127 Å². The van der Waals surface area contributed by atoms with Gasteiger partial charge in [-0.25, -0.2) is 0 Å². The molecule has 0 fully saturated rings. The van der Waals surface area contributed by atoms with Crippen molar-refractivity contribution in [1.29, 1.82) is 0 Å². The van der Waals surface area contributed by atoms with Crippen LogP contribution >= 0.6 is 11.6 Å². The van der Waals surface area contributed by atoms with Gasteiger partial charge in [0.2, 0.25) is 0 Å². The first-order valence-corrected chi connectivity index (χ1v) is 16.0. The number of fused-ring (bicyclic) bond motifs is 13. The van der Waals surface area contributed by atoms with Crippen molar-refractivity contribution in [1.82, 2.24) is 0 Å². The lowest BCUT2D eigenvalue weighted by Crippen LogP contribution is -2.25. The summed E-state index contributed by atoms with van der Waals surface area (Å²) in [6, 6.07) is 53.9. The minimum absolute atomic E-state index is 0.410. The Balaban J connectivity index is 1.10. The van der Waals surface area contributed by atoms with Gasteiger partial charge in [-0.2, -0.15) is 0 Å². The van der Waals surface area contributed by atoms with Crippen molar-refractivity contribution in [3.8, 4) is 33.4 Å². The molecule has 2 nitrogen and oxygen atoms in total. The molecular formula is C43H26ClNO. The number of hydrogen-bond acceptors (Lipinski definition) is 2. The standard InChI is InChI=1S/C43H26ClNO/c44-42-38(45-28-19-21-32-31-20-18-27(26-10-2-1-3-11-26)24-39(31)46-40(32)25-28)23-22-37-41(42)33-14-6-9-17-36(33)43(37)34-15-7-4-12-29(34)30-13-5-8-16-35(30)43/h1-25,45H. The second-order valence-corrected chi connectivity index (χ2v) is 12.6. The van der Waals surface area contributed by atoms with Crippen molar-refractivity contribution in [3.63, 3.8) is 0 Å². The minimum Gasteiger partial charge on any atom is -0.456 e. The van der Waals surface area contributed by atoms with Gasteiger partial charge in [0, 0.05) is 28.1 Å². The summed E-state index contributed by atoms with van der Waals surface area (Å²) >= 11 is 7.42. The molecule has 2 aliphatic carbocycles. The molecule has 0 saturated carbocycles. The van der Waals surface area contributed by atoms with Crippen molar-refractivity contribution in [2.75, 3.05) is 5.32 Å². The van der Waals surface area contributed by atoms with Crippen molar-refractivity contribution >= 4 is 44.9 Å². The molecule has 1 heterocycles. The maximum Gasteiger partial charge on any atom is 0.137 e. The Morgan fingerprint density at radius 3 is 1.78 bits per heavy atom. The molecular weight excluding hydrogens is 582 g/mol. The molecule has 1 aromatic heterocycles. The predicted octanol–water partition coefficient (Wildman–Crippen LogP) is 12.0. The molecule has 46 heavy (non-hydrogen) atoms. The Morgan fingerprint density at radius 2 is 1.07 bits per heavy atom. The van der Waals surface area contributed by atoms with Crippen molar-refractivity contribution < 1.29 is 4.42 Å². The average molecular weight is 608 g/mol. The smallest absolute Gasteiger partial charge is 0.137 e. The lowest BCUT2D eigenvalue weighted by atomic mass is 9.70. The van der Waals surface area contributed by atoms with Crippen LogP contribution in [-0.2, 0) is 5.41 Å². The summed E-state index contributed by atoms with van der Waals surface area (Å²) in [6.07, 6.45) is 0. The number of anilines is 2. The Morgan fingerprint density at radius 1 is 0.478 bits per heavy atom. The summed E-state index contributed by atoms with van der Waals surface area (Å²) in [5.74, 6) is 0. The van der Waals surface area contributed by atoms with Gasteiger partial charge in [-0.15, -0.1) is 0 Å². The Kier molecular flexibility index (Phi) is 5.29. The van der Waals surface area contributed by atoms with Gasteiger partial charge in [0.05, 0.1) is 16.1 Å². The van der Waals surface area contributed by atoms with E-state index in [9.17, 15) is 0 Å². The van der Waals surface area contributed by atoms with Crippen molar-refractivity contribution in [3.05, 3.63) is 179 Å². The van der Waals surface area contributed by atoms with Crippen LogP contribution in [0, 0.1) is 0 Å². The molecule has 2 aliphatic rings. The molecule has 0 atom stereocenters. The molecule has 0 aliphatic heterocycles. The minimum atomic E-state index is -0.410. The zero-order valence-electron chi connectivity index (χ0n) is 24.7. The van der Waals surface area contributed by atoms with Crippen LogP contribution in [0.4, 0.5) is 11.4 Å². The van der Waals surface area contributed by atoms with Crippen LogP contribution in [0.1, 0.15) is 22.3 Å². The highest BCUT2D eigenvalue weighted by atomic mass is 35.5. The van der Waals surface area contributed by atoms with Crippen LogP contribution < -0.4 is 5.32 Å². The second kappa shape index (κ2) is 9.47. The number of hydrogen-bond donors (Lipinski definition) is 1. The summed E-state index contributed by atoms with van der Waals surface area (Å²) in [7, 11) is 0. The van der Waals surface area contributed by atoms with E-state index in [0.717, 1.165) is 49.5 Å². The van der Waals surface area contributed by atoms with Crippen molar-refractivity contribution in [2.45, 2.75) is 5.41 Å². The van der Waals surface area contributed by atoms with Crippen LogP contribution in [0.5, 0.6) is 0 Å². The SMILES string of the molecule is Clc1c(Nc2ccc3c(c2)oc2cc(-c4ccccc4)ccc23)ccc2c1-c1ccccc1C21c2ccccc2-c2ccccc21. The fourth-order valence-corrected chi connectivity index (χ4v) is 8.37. The number of halogens is 1. The molecule has 216 valence electrons. The van der Waals surface area contributed by atoms with Crippen LogP contribution in [0.25, 0.3) is 55.3 Å². The van der Waals surface area contributed by atoms with E-state index in [1.165, 1.54) is 44.5 Å². The van der Waals surface area contributed by atoms with Crippen molar-refractivity contribution in [2.24, 2.45) is 0 Å². The zero-order valence-corrected chi connectivity index (χ0v) is 25.5. The van der Waals surface area contributed by atoms with Crippen LogP contribution in [0.15, 0.2) is 156 Å². The van der Waals surface area contributed by atoms with Gasteiger partial charge in [0.25, 0.3) is 0 Å². The lowest BCUT2D eigenvalue weighted by Gasteiger charge is -2.30. The van der Waals surface area contributed by atoms with Crippen LogP contribution in [-0.4, -0.2) is 0 Å². The number of benzene rings is 7. The topological polar surface area (TPSA) is 25.2 Å². The van der Waals surface area contributed by atoms with Crippen LogP contribution in [0.3, 0.4) is 0 Å². The van der Waals surface area contributed by atoms with E-state index in [4.69, 9.17) is 16.0 Å². The summed E-state index contributed by atoms with van der Waals surface area (Å²) in [5, 5.41) is 6.55. The highest BCUT2D eigenvalue weighted by Gasteiger charge is 2.52. The summed E-state index contributed by atoms with van der Waals surface area (Å²) in [5.41, 5.74) is 15.4. The molecule has 3 heteroatoms. The number of rotatable bonds is 3. The molecule has 0 unspecified atom stereocenters. The molecule has 0 bridgehead atoms. The molecule has 1 spiro atoms. The summed E-state index contributed by atoms with van der Waals surface area (Å²) < 4.78 is 6.40. The maximum atomic E-state index is 7.42. The maximum absolute atomic E-state index is 7.42. The van der Waals surface area contributed by atoms with Gasteiger partial charge < -0.3 is 9.73 Å². The van der Waals surface area contributed by atoms with E-state index < -0.39 is 5.41 Å². The van der Waals surface area contributed by atoms with Gasteiger partial charge in [-0.05, 0) is 80.4 Å². The molecule has 1 N–H and O–H groups in total. The van der Waals surface area contributed by atoms with E-state index in [1.54, 1.807) is 0 Å². The van der Waals surface area contributed by atoms with Gasteiger partial charge in [-0.3, -0.25) is 0 Å². The molecule has 0 radical (unpaired) electrons. The zero-order chi connectivity index (χ0) is 30.4. The predicted molar refractivity (Wildman–Crippen MR) is 190 cm³/mol. The first-order chi connectivity index (χ1) is 22.7. The fourth-order valence-electron chi connectivity index (χ4n) is 8.06. The second-order valence-electron chi connectivity index (χ2n) is 12.3. The third-order valence-corrected chi connectivity index (χ3v) is 10.4. The molecule has 0 saturated heterocycles. The van der Waals surface area contributed by atoms with Gasteiger partial charge in [0.1, 0.15) is 11.2 Å². The largest absolute Gasteiger partial charge is 0.456 e. The summed E-state index contributed by atoms with van der Waals surface area (Å²) in [6.45, 7) is 0. The Hall–Kier alpha value is -5.57. The highest BCUT2D eigenvalue weighted by Crippen LogP contribution is 2.64. The molecule has 0 amide bonds. The van der Waals surface area contributed by atoms with E-state index >= 15 is 0 Å². The first-order valence-electron chi connectivity index (χ1n) is 15.6. The third kappa shape index (κ3) is 3.37. The molecule has 7 aromatic carbocycles. The first kappa shape index (κ1) is 25.7. The monoisotopic (exact) mass is 607 g/mol. The molecule has 10 rings (SSSR count). The normalized spacial score (nSPS) is 13.5. The van der Waals surface area contributed by atoms with E-state index in [-0.39, 0.29) is 0 Å². The van der Waals surface area contributed by atoms with E-state index in [2.05, 4.69) is 151 Å². The Labute approximate surface area is 271 Å². The third-order valence-electron chi connectivity index (χ3n) is 9.96. The lowest BCUT2D eigenvalue weighted by molar-refractivity contribution is 0.669. The average Bonchev–Trinajstić information content (AvgIpc) is 3.73. The van der Waals surface area contributed by atoms with E-state index in [1.807, 2.05) is 6.07 Å². The highest BCUT2D eigenvalue weighted by molar-refractivity contribution is 6.37. The van der Waals surface area contributed by atoms with Crippen LogP contribution in [0.2, 0.25) is 5.02 Å². The molecule has 8 aromatic rings. The van der Waals surface area contributed by atoms with Gasteiger partial charge in [0.15, 0.2) is 0 Å². The fraction of sp³-hybridized carbons (Fsp3) is 0.0233. The van der Waals surface area contributed by atoms with E-state index in [0.29, 0.717) is 0 Å². The Bertz CT molecular complexity index is 2480. The number of nitrogens with one attached hydrogen (secondary N) is 1. The number of furan rings is 1. The quantitative estimate of drug-likeness (QED) is 0.216. The van der Waals surface area contributed by atoms with Gasteiger partial charge >= 0.3 is 0 Å². The summed E-state index contributed by atoms with van der Waals surface area (Å²) in [4.78, 5) is 0.